The van der Waals surface area contributed by atoms with Gasteiger partial charge in [-0.05, 0) is 85.5 Å². The van der Waals surface area contributed by atoms with E-state index in [1.807, 2.05) is 34.9 Å². The summed E-state index contributed by atoms with van der Waals surface area (Å²) in [5.74, 6) is 2.50. The summed E-state index contributed by atoms with van der Waals surface area (Å²) >= 11 is 0. The van der Waals surface area contributed by atoms with Crippen molar-refractivity contribution >= 4 is 10.9 Å². The van der Waals surface area contributed by atoms with Gasteiger partial charge in [0.25, 0.3) is 5.56 Å². The molecule has 0 atom stereocenters. The van der Waals surface area contributed by atoms with Crippen molar-refractivity contribution in [1.82, 2.24) is 9.47 Å². The third-order valence-corrected chi connectivity index (χ3v) is 7.44. The van der Waals surface area contributed by atoms with E-state index in [2.05, 4.69) is 24.0 Å². The Kier molecular flexibility index (Phi) is 6.50. The molecule has 3 aromatic rings. The molecular formula is C28H34N2O4. The third-order valence-electron chi connectivity index (χ3n) is 7.44. The molecule has 2 aromatic carbocycles. The van der Waals surface area contributed by atoms with E-state index in [1.54, 1.807) is 13.2 Å². The summed E-state index contributed by atoms with van der Waals surface area (Å²) in [7, 11) is 1.66. The highest BCUT2D eigenvalue weighted by molar-refractivity contribution is 5.80. The molecular weight excluding hydrogens is 428 g/mol. The molecule has 6 heteroatoms. The van der Waals surface area contributed by atoms with Gasteiger partial charge in [-0.25, -0.2) is 0 Å². The highest BCUT2D eigenvalue weighted by Crippen LogP contribution is 2.37. The Hall–Kier alpha value is -2.99. The van der Waals surface area contributed by atoms with Crippen LogP contribution in [0.1, 0.15) is 38.2 Å². The van der Waals surface area contributed by atoms with E-state index in [-0.39, 0.29) is 5.56 Å². The van der Waals surface area contributed by atoms with Crippen molar-refractivity contribution in [1.29, 1.82) is 0 Å². The molecule has 2 aliphatic rings. The van der Waals surface area contributed by atoms with E-state index in [4.69, 9.17) is 14.2 Å². The molecule has 0 spiro atoms. The van der Waals surface area contributed by atoms with E-state index < -0.39 is 0 Å². The first-order valence-corrected chi connectivity index (χ1v) is 12.3. The van der Waals surface area contributed by atoms with Gasteiger partial charge in [0.05, 0.1) is 12.6 Å². The summed E-state index contributed by atoms with van der Waals surface area (Å²) in [4.78, 5) is 15.1. The average Bonchev–Trinajstić information content (AvgIpc) is 2.86. The van der Waals surface area contributed by atoms with Gasteiger partial charge in [0.1, 0.15) is 19.0 Å². The van der Waals surface area contributed by atoms with Crippen molar-refractivity contribution in [2.45, 2.75) is 45.7 Å². The van der Waals surface area contributed by atoms with Crippen molar-refractivity contribution in [3.63, 3.8) is 0 Å². The minimum Gasteiger partial charge on any atom is -0.497 e. The monoisotopic (exact) mass is 462 g/mol. The zero-order valence-corrected chi connectivity index (χ0v) is 20.2. The zero-order chi connectivity index (χ0) is 23.5. The normalized spacial score (nSPS) is 17.6. The number of benzene rings is 2. The lowest BCUT2D eigenvalue weighted by molar-refractivity contribution is 0.102. The topological polar surface area (TPSA) is 52.9 Å². The van der Waals surface area contributed by atoms with Gasteiger partial charge in [-0.15, -0.1) is 0 Å². The first-order chi connectivity index (χ1) is 16.5. The molecule has 2 aliphatic heterocycles. The molecule has 34 heavy (non-hydrogen) atoms. The summed E-state index contributed by atoms with van der Waals surface area (Å²) in [5, 5.41) is 1.07. The molecule has 0 N–H and O–H groups in total. The molecule has 6 nitrogen and oxygen atoms in total. The van der Waals surface area contributed by atoms with Crippen molar-refractivity contribution in [3.8, 4) is 17.2 Å². The maximum atomic E-state index is 12.6. The molecule has 0 aliphatic carbocycles. The van der Waals surface area contributed by atoms with Crippen LogP contribution in [-0.4, -0.2) is 42.9 Å². The van der Waals surface area contributed by atoms with Crippen LogP contribution >= 0.6 is 0 Å². The number of rotatable bonds is 7. The number of aryl methyl sites for hydroxylation is 1. The van der Waals surface area contributed by atoms with E-state index in [0.29, 0.717) is 18.6 Å². The molecule has 1 aromatic heterocycles. The predicted octanol–water partition coefficient (Wildman–Crippen LogP) is 4.86. The van der Waals surface area contributed by atoms with E-state index in [1.165, 1.54) is 18.4 Å². The maximum absolute atomic E-state index is 12.6. The van der Waals surface area contributed by atoms with Crippen molar-refractivity contribution in [3.05, 3.63) is 64.4 Å². The zero-order valence-electron chi connectivity index (χ0n) is 20.2. The number of fused-ring (bicyclic) bond motifs is 2. The lowest BCUT2D eigenvalue weighted by Crippen LogP contribution is -2.38. The number of hydrogen-bond donors (Lipinski definition) is 0. The first kappa shape index (κ1) is 22.8. The molecule has 0 bridgehead atoms. The number of ether oxygens (including phenoxy) is 3. The van der Waals surface area contributed by atoms with Gasteiger partial charge in [0.2, 0.25) is 0 Å². The quantitative estimate of drug-likeness (QED) is 0.502. The van der Waals surface area contributed by atoms with E-state index in [0.717, 1.165) is 67.2 Å². The highest BCUT2D eigenvalue weighted by Gasteiger charge is 2.29. The smallest absolute Gasteiger partial charge is 0.251 e. The second-order valence-corrected chi connectivity index (χ2v) is 9.92. The highest BCUT2D eigenvalue weighted by atomic mass is 16.6. The van der Waals surface area contributed by atoms with Gasteiger partial charge in [0.15, 0.2) is 11.5 Å². The molecule has 0 amide bonds. The van der Waals surface area contributed by atoms with Gasteiger partial charge < -0.3 is 18.8 Å². The molecule has 5 rings (SSSR count). The average molecular weight is 463 g/mol. The number of pyridine rings is 1. The molecule has 1 saturated heterocycles. The summed E-state index contributed by atoms with van der Waals surface area (Å²) < 4.78 is 18.7. The fourth-order valence-corrected chi connectivity index (χ4v) is 5.23. The van der Waals surface area contributed by atoms with Crippen LogP contribution in [0.3, 0.4) is 0 Å². The summed E-state index contributed by atoms with van der Waals surface area (Å²) in [6.45, 7) is 7.52. The first-order valence-electron chi connectivity index (χ1n) is 12.3. The van der Waals surface area contributed by atoms with Crippen molar-refractivity contribution in [2.75, 3.05) is 33.4 Å². The van der Waals surface area contributed by atoms with Gasteiger partial charge in [0, 0.05) is 25.2 Å². The van der Waals surface area contributed by atoms with Crippen LogP contribution in [0.2, 0.25) is 0 Å². The third kappa shape index (κ3) is 4.92. The molecule has 180 valence electrons. The van der Waals surface area contributed by atoms with Crippen LogP contribution in [-0.2, 0) is 13.1 Å². The molecule has 1 fully saturated rings. The van der Waals surface area contributed by atoms with Gasteiger partial charge in [-0.1, -0.05) is 13.0 Å². The van der Waals surface area contributed by atoms with Crippen LogP contribution in [0.25, 0.3) is 10.9 Å². The number of methoxy groups -OCH3 is 1. The number of aromatic nitrogens is 1. The van der Waals surface area contributed by atoms with Crippen LogP contribution in [0.4, 0.5) is 0 Å². The van der Waals surface area contributed by atoms with Gasteiger partial charge in [-0.3, -0.25) is 9.69 Å². The maximum Gasteiger partial charge on any atom is 0.251 e. The summed E-state index contributed by atoms with van der Waals surface area (Å²) in [6.07, 6.45) is 4.47. The van der Waals surface area contributed by atoms with Crippen LogP contribution < -0.4 is 19.8 Å². The predicted molar refractivity (Wildman–Crippen MR) is 134 cm³/mol. The molecule has 3 heterocycles. The minimum atomic E-state index is 0.0557. The Balaban J connectivity index is 1.16. The molecule has 0 radical (unpaired) electrons. The SMILES string of the molecule is COc1ccc2ccc(=O)n(CCCC3(C)CCN(Cc4ccc5c(c4)OCCO5)CC3)c2c1. The Labute approximate surface area is 201 Å². The lowest BCUT2D eigenvalue weighted by atomic mass is 9.76. The van der Waals surface area contributed by atoms with Gasteiger partial charge >= 0.3 is 0 Å². The van der Waals surface area contributed by atoms with Crippen LogP contribution in [0.5, 0.6) is 17.2 Å². The number of hydrogen-bond acceptors (Lipinski definition) is 5. The van der Waals surface area contributed by atoms with Crippen LogP contribution in [0.15, 0.2) is 53.3 Å². The summed E-state index contributed by atoms with van der Waals surface area (Å²) in [5.41, 5.74) is 2.60. The van der Waals surface area contributed by atoms with Crippen molar-refractivity contribution < 1.29 is 14.2 Å². The standard InChI is InChI=1S/C28H34N2O4/c1-28(10-3-13-30-24-19-23(32-2)7-5-22(24)6-9-27(30)31)11-14-29(15-12-28)20-21-4-8-25-26(18-21)34-17-16-33-25/h4-9,18-19H,3,10-17,20H2,1-2H3. The fraction of sp³-hybridized carbons (Fsp3) is 0.464. The number of piperidine rings is 1. The van der Waals surface area contributed by atoms with Gasteiger partial charge in [-0.2, -0.15) is 0 Å². The Morgan fingerprint density at radius 3 is 2.53 bits per heavy atom. The Morgan fingerprint density at radius 1 is 0.971 bits per heavy atom. The fourth-order valence-electron chi connectivity index (χ4n) is 5.23. The second-order valence-electron chi connectivity index (χ2n) is 9.92. The number of likely N-dealkylation sites (tertiary alicyclic amines) is 1. The second kappa shape index (κ2) is 9.71. The largest absolute Gasteiger partial charge is 0.497 e. The van der Waals surface area contributed by atoms with Crippen molar-refractivity contribution in [2.24, 2.45) is 5.41 Å². The minimum absolute atomic E-state index is 0.0557. The Morgan fingerprint density at radius 2 is 1.74 bits per heavy atom. The lowest BCUT2D eigenvalue weighted by Gasteiger charge is -2.39. The molecule has 0 unspecified atom stereocenters. The van der Waals surface area contributed by atoms with E-state index >= 15 is 0 Å². The molecule has 0 saturated carbocycles. The van der Waals surface area contributed by atoms with E-state index in [9.17, 15) is 4.79 Å². The Bertz CT molecular complexity index is 1210. The number of nitrogens with zero attached hydrogens (tertiary/aromatic N) is 2. The summed E-state index contributed by atoms with van der Waals surface area (Å²) in [6, 6.07) is 15.8. The van der Waals surface area contributed by atoms with Crippen LogP contribution in [0, 0.1) is 5.41 Å².